The van der Waals surface area contributed by atoms with Gasteiger partial charge in [0.1, 0.15) is 6.10 Å². The SMILES string of the molecule is CC(OC(=O)O)c1ccccc1C(F)(F)F. The molecule has 0 aromatic heterocycles. The van der Waals surface area contributed by atoms with Gasteiger partial charge in [0, 0.05) is 5.56 Å². The van der Waals surface area contributed by atoms with Crippen LogP contribution in [0.2, 0.25) is 0 Å². The molecule has 16 heavy (non-hydrogen) atoms. The molecule has 88 valence electrons. The third kappa shape index (κ3) is 2.88. The first-order chi connectivity index (χ1) is 7.32. The molecule has 1 N–H and O–H groups in total. The van der Waals surface area contributed by atoms with Crippen LogP contribution >= 0.6 is 0 Å². The number of benzene rings is 1. The predicted octanol–water partition coefficient (Wildman–Crippen LogP) is 3.46. The highest BCUT2D eigenvalue weighted by Gasteiger charge is 2.34. The Morgan fingerprint density at radius 1 is 1.38 bits per heavy atom. The summed E-state index contributed by atoms with van der Waals surface area (Å²) in [4.78, 5) is 10.2. The molecule has 0 fully saturated rings. The summed E-state index contributed by atoms with van der Waals surface area (Å²) < 4.78 is 41.9. The van der Waals surface area contributed by atoms with Gasteiger partial charge in [0.25, 0.3) is 0 Å². The molecule has 1 aromatic carbocycles. The van der Waals surface area contributed by atoms with Crippen molar-refractivity contribution in [1.29, 1.82) is 0 Å². The Balaban J connectivity index is 3.08. The van der Waals surface area contributed by atoms with Gasteiger partial charge in [-0.2, -0.15) is 13.2 Å². The van der Waals surface area contributed by atoms with E-state index >= 15 is 0 Å². The molecule has 0 bridgehead atoms. The lowest BCUT2D eigenvalue weighted by Gasteiger charge is -2.17. The summed E-state index contributed by atoms with van der Waals surface area (Å²) in [5, 5.41) is 8.34. The van der Waals surface area contributed by atoms with Crippen LogP contribution in [0.3, 0.4) is 0 Å². The predicted molar refractivity (Wildman–Crippen MR) is 49.0 cm³/mol. The second-order valence-electron chi connectivity index (χ2n) is 3.11. The molecule has 0 aliphatic carbocycles. The lowest BCUT2D eigenvalue weighted by molar-refractivity contribution is -0.139. The number of alkyl halides is 3. The van der Waals surface area contributed by atoms with Gasteiger partial charge in [-0.3, -0.25) is 0 Å². The van der Waals surface area contributed by atoms with Crippen LogP contribution in [0.4, 0.5) is 18.0 Å². The highest BCUT2D eigenvalue weighted by molar-refractivity contribution is 5.57. The molecule has 0 heterocycles. The van der Waals surface area contributed by atoms with Gasteiger partial charge in [0.05, 0.1) is 5.56 Å². The second-order valence-corrected chi connectivity index (χ2v) is 3.11. The van der Waals surface area contributed by atoms with Crippen molar-refractivity contribution in [2.24, 2.45) is 0 Å². The lowest BCUT2D eigenvalue weighted by Crippen LogP contribution is -2.14. The van der Waals surface area contributed by atoms with Crippen LogP contribution in [0.5, 0.6) is 0 Å². The summed E-state index contributed by atoms with van der Waals surface area (Å²) in [5.41, 5.74) is -1.08. The van der Waals surface area contributed by atoms with Crippen LogP contribution in [0.1, 0.15) is 24.2 Å². The zero-order chi connectivity index (χ0) is 12.3. The fraction of sp³-hybridized carbons (Fsp3) is 0.300. The Labute approximate surface area is 89.5 Å². The summed E-state index contributed by atoms with van der Waals surface area (Å²) >= 11 is 0. The Kier molecular flexibility index (Phi) is 3.41. The molecule has 0 aliphatic heterocycles. The molecule has 0 aliphatic rings. The topological polar surface area (TPSA) is 46.5 Å². The van der Waals surface area contributed by atoms with Gasteiger partial charge in [-0.15, -0.1) is 0 Å². The zero-order valence-corrected chi connectivity index (χ0v) is 8.28. The first-order valence-electron chi connectivity index (χ1n) is 4.38. The average molecular weight is 234 g/mol. The monoisotopic (exact) mass is 234 g/mol. The number of carboxylic acid groups (broad SMARTS) is 1. The van der Waals surface area contributed by atoms with Gasteiger partial charge >= 0.3 is 12.3 Å². The number of hydrogen-bond donors (Lipinski definition) is 1. The average Bonchev–Trinajstić information content (AvgIpc) is 2.15. The fourth-order valence-electron chi connectivity index (χ4n) is 1.32. The van der Waals surface area contributed by atoms with Crippen LogP contribution in [-0.4, -0.2) is 11.3 Å². The Morgan fingerprint density at radius 2 is 1.94 bits per heavy atom. The Hall–Kier alpha value is -1.72. The van der Waals surface area contributed by atoms with E-state index in [1.165, 1.54) is 25.1 Å². The lowest BCUT2D eigenvalue weighted by atomic mass is 10.0. The summed E-state index contributed by atoms with van der Waals surface area (Å²) in [6.07, 6.45) is -7.29. The first kappa shape index (κ1) is 12.4. The van der Waals surface area contributed by atoms with Gasteiger partial charge in [-0.1, -0.05) is 18.2 Å². The largest absolute Gasteiger partial charge is 0.506 e. The minimum Gasteiger partial charge on any atom is -0.450 e. The maximum Gasteiger partial charge on any atom is 0.506 e. The van der Waals surface area contributed by atoms with Gasteiger partial charge in [0.2, 0.25) is 0 Å². The summed E-state index contributed by atoms with van der Waals surface area (Å²) in [7, 11) is 0. The smallest absolute Gasteiger partial charge is 0.450 e. The quantitative estimate of drug-likeness (QED) is 0.797. The molecule has 3 nitrogen and oxygen atoms in total. The number of ether oxygens (including phenoxy) is 1. The van der Waals surface area contributed by atoms with Crippen molar-refractivity contribution in [2.45, 2.75) is 19.2 Å². The van der Waals surface area contributed by atoms with E-state index in [-0.39, 0.29) is 5.56 Å². The molecule has 0 amide bonds. The van der Waals surface area contributed by atoms with Crippen molar-refractivity contribution >= 4 is 6.16 Å². The third-order valence-corrected chi connectivity index (χ3v) is 1.98. The van der Waals surface area contributed by atoms with E-state index in [2.05, 4.69) is 4.74 Å². The fourth-order valence-corrected chi connectivity index (χ4v) is 1.32. The highest BCUT2D eigenvalue weighted by Crippen LogP contribution is 2.35. The van der Waals surface area contributed by atoms with E-state index in [9.17, 15) is 18.0 Å². The summed E-state index contributed by atoms with van der Waals surface area (Å²) in [6.45, 7) is 1.25. The number of hydrogen-bond acceptors (Lipinski definition) is 2. The van der Waals surface area contributed by atoms with Gasteiger partial charge in [0.15, 0.2) is 0 Å². The van der Waals surface area contributed by atoms with Crippen LogP contribution < -0.4 is 0 Å². The maximum atomic E-state index is 12.5. The molecular formula is C10H9F3O3. The molecule has 0 spiro atoms. The van der Waals surface area contributed by atoms with Crippen LogP contribution in [0, 0.1) is 0 Å². The van der Waals surface area contributed by atoms with E-state index in [1.54, 1.807) is 0 Å². The van der Waals surface area contributed by atoms with Gasteiger partial charge in [-0.25, -0.2) is 4.79 Å². The summed E-state index contributed by atoms with van der Waals surface area (Å²) in [5.74, 6) is 0. The molecule has 1 atom stereocenters. The number of halogens is 3. The highest BCUT2D eigenvalue weighted by atomic mass is 19.4. The number of carbonyl (C=O) groups is 1. The number of rotatable bonds is 2. The maximum absolute atomic E-state index is 12.5. The Morgan fingerprint density at radius 3 is 2.44 bits per heavy atom. The zero-order valence-electron chi connectivity index (χ0n) is 8.28. The van der Waals surface area contributed by atoms with Crippen LogP contribution in [0.25, 0.3) is 0 Å². The molecule has 6 heteroatoms. The molecule has 1 rings (SSSR count). The molecule has 1 aromatic rings. The Bertz CT molecular complexity index is 387. The van der Waals surface area contributed by atoms with Gasteiger partial charge < -0.3 is 9.84 Å². The molecule has 0 saturated carbocycles. The van der Waals surface area contributed by atoms with E-state index in [0.29, 0.717) is 0 Å². The molecule has 0 radical (unpaired) electrons. The van der Waals surface area contributed by atoms with E-state index in [4.69, 9.17) is 5.11 Å². The third-order valence-electron chi connectivity index (χ3n) is 1.98. The van der Waals surface area contributed by atoms with E-state index < -0.39 is 24.0 Å². The van der Waals surface area contributed by atoms with Crippen molar-refractivity contribution in [1.82, 2.24) is 0 Å². The molecular weight excluding hydrogens is 225 g/mol. The van der Waals surface area contributed by atoms with Crippen molar-refractivity contribution < 1.29 is 27.8 Å². The minimum absolute atomic E-state index is 0.197. The minimum atomic E-state index is -4.52. The van der Waals surface area contributed by atoms with Crippen molar-refractivity contribution in [3.05, 3.63) is 35.4 Å². The molecule has 1 unspecified atom stereocenters. The van der Waals surface area contributed by atoms with Crippen LogP contribution in [0.15, 0.2) is 24.3 Å². The molecule has 0 saturated heterocycles. The second kappa shape index (κ2) is 4.42. The van der Waals surface area contributed by atoms with Crippen molar-refractivity contribution in [3.8, 4) is 0 Å². The van der Waals surface area contributed by atoms with E-state index in [1.807, 2.05) is 0 Å². The normalized spacial score (nSPS) is 13.2. The van der Waals surface area contributed by atoms with E-state index in [0.717, 1.165) is 6.07 Å². The first-order valence-corrected chi connectivity index (χ1v) is 4.38. The van der Waals surface area contributed by atoms with Crippen LogP contribution in [-0.2, 0) is 10.9 Å². The van der Waals surface area contributed by atoms with Crippen molar-refractivity contribution in [2.75, 3.05) is 0 Å². The standard InChI is InChI=1S/C10H9F3O3/c1-6(16-9(14)15)7-4-2-3-5-8(7)10(11,12)13/h2-6H,1H3,(H,14,15). The summed E-state index contributed by atoms with van der Waals surface area (Å²) in [6, 6.07) is 4.71. The van der Waals surface area contributed by atoms with Crippen molar-refractivity contribution in [3.63, 3.8) is 0 Å². The van der Waals surface area contributed by atoms with Gasteiger partial charge in [-0.05, 0) is 13.0 Å².